The van der Waals surface area contributed by atoms with E-state index in [2.05, 4.69) is 29.7 Å². The van der Waals surface area contributed by atoms with Gasteiger partial charge in [0.2, 0.25) is 0 Å². The summed E-state index contributed by atoms with van der Waals surface area (Å²) in [7, 11) is 3.11. The Bertz CT molecular complexity index is 911. The minimum Gasteiger partial charge on any atom is -0.423 e. The van der Waals surface area contributed by atoms with Crippen molar-refractivity contribution in [2.75, 3.05) is 20.2 Å². The fourth-order valence-electron chi connectivity index (χ4n) is 4.49. The van der Waals surface area contributed by atoms with Gasteiger partial charge < -0.3 is 9.47 Å². The van der Waals surface area contributed by atoms with E-state index >= 15 is 0 Å². The molecule has 1 aromatic rings. The van der Waals surface area contributed by atoms with Crippen LogP contribution in [0.1, 0.15) is 20.3 Å². The molecule has 0 radical (unpaired) electrons. The second-order valence-electron chi connectivity index (χ2n) is 6.65. The molecule has 2 atom stereocenters. The first-order valence-electron chi connectivity index (χ1n) is 8.47. The molecule has 0 aromatic carbocycles. The third kappa shape index (κ3) is 1.85. The van der Waals surface area contributed by atoms with Crippen LogP contribution in [0.15, 0.2) is 52.9 Å². The Kier molecular flexibility index (Phi) is 3.98. The number of hydrogen-bond donors (Lipinski definition) is 0. The molecule has 1 aliphatic carbocycles. The fraction of sp³-hybridized carbons (Fsp3) is 0.368. The zero-order chi connectivity index (χ0) is 18.5. The average molecular weight is 372 g/mol. The number of aromatic nitrogens is 2. The van der Waals surface area contributed by atoms with E-state index in [9.17, 15) is 4.79 Å². The number of allylic oxidation sites excluding steroid dienone is 5. The first-order chi connectivity index (χ1) is 12.5. The molecule has 7 heteroatoms. The number of carbonyl (C=O) groups excluding carboxylic acids is 1. The van der Waals surface area contributed by atoms with Gasteiger partial charge in [-0.1, -0.05) is 30.0 Å². The Morgan fingerprint density at radius 1 is 1.42 bits per heavy atom. The third-order valence-corrected chi connectivity index (χ3v) is 6.36. The second-order valence-corrected chi connectivity index (χ2v) is 7.60. The van der Waals surface area contributed by atoms with Crippen LogP contribution in [0.3, 0.4) is 0 Å². The van der Waals surface area contributed by atoms with E-state index in [1.165, 1.54) is 7.11 Å². The summed E-state index contributed by atoms with van der Waals surface area (Å²) in [6.07, 6.45) is 12.6. The monoisotopic (exact) mass is 372 g/mol. The number of thioether (sulfide) groups is 1. The number of fused-ring (bicyclic) bond motifs is 3. The summed E-state index contributed by atoms with van der Waals surface area (Å²) < 4.78 is 12.6. The van der Waals surface area contributed by atoms with Crippen LogP contribution in [0.2, 0.25) is 0 Å². The molecule has 1 spiro atoms. The van der Waals surface area contributed by atoms with Crippen molar-refractivity contribution in [2.24, 2.45) is 0 Å². The molecule has 0 bridgehead atoms. The number of amides is 1. The topological polar surface area (TPSA) is 53.4 Å². The quantitative estimate of drug-likeness (QED) is 0.455. The van der Waals surface area contributed by atoms with Crippen LogP contribution in [-0.4, -0.2) is 41.3 Å². The van der Waals surface area contributed by atoms with Gasteiger partial charge in [-0.05, 0) is 24.6 Å². The first-order valence-corrected chi connectivity index (χ1v) is 9.46. The predicted molar refractivity (Wildman–Crippen MR) is 102 cm³/mol. The molecule has 1 aromatic heterocycles. The van der Waals surface area contributed by atoms with Gasteiger partial charge in [-0.15, -0.1) is 4.48 Å². The minimum atomic E-state index is -0.573. The summed E-state index contributed by atoms with van der Waals surface area (Å²) in [5.41, 5.74) is 2.53. The van der Waals surface area contributed by atoms with Gasteiger partial charge in [-0.2, -0.15) is 9.78 Å². The maximum atomic E-state index is 13.3. The fourth-order valence-corrected chi connectivity index (χ4v) is 5.15. The largest absolute Gasteiger partial charge is 0.529 e. The standard InChI is InChI=1S/C19H22N3O3S/c1-13-7-5-9-19-10-6-8-14(2)22(19,18(23)25-4)17-20-11-15(26-12-24-3)21(17)16(13)19/h5-8,10-11H,9,12H2,1-4H3/q+1. The molecule has 3 heterocycles. The zero-order valence-corrected chi connectivity index (χ0v) is 16.2. The van der Waals surface area contributed by atoms with Crippen molar-refractivity contribution in [3.63, 3.8) is 0 Å². The van der Waals surface area contributed by atoms with E-state index in [0.717, 1.165) is 22.0 Å². The van der Waals surface area contributed by atoms with E-state index in [-0.39, 0.29) is 10.6 Å². The third-order valence-electron chi connectivity index (χ3n) is 5.43. The summed E-state index contributed by atoms with van der Waals surface area (Å²) >= 11 is 1.57. The van der Waals surface area contributed by atoms with Gasteiger partial charge in [0.1, 0.15) is 10.7 Å². The molecule has 1 amide bonds. The molecule has 4 rings (SSSR count). The molecule has 0 fully saturated rings. The van der Waals surface area contributed by atoms with Gasteiger partial charge in [0.15, 0.2) is 5.54 Å². The maximum Gasteiger partial charge on any atom is 0.529 e. The summed E-state index contributed by atoms with van der Waals surface area (Å²) in [5, 5.41) is 0.961. The minimum absolute atomic E-state index is 0.0510. The smallest absolute Gasteiger partial charge is 0.423 e. The summed E-state index contributed by atoms with van der Waals surface area (Å²) in [5.74, 6) is 1.19. The van der Waals surface area contributed by atoms with Crippen molar-refractivity contribution in [2.45, 2.75) is 30.8 Å². The lowest BCUT2D eigenvalue weighted by molar-refractivity contribution is 0.118. The summed E-state index contributed by atoms with van der Waals surface area (Å²) in [6.45, 7) is 4.06. The van der Waals surface area contributed by atoms with Crippen LogP contribution in [0.5, 0.6) is 0 Å². The van der Waals surface area contributed by atoms with Crippen LogP contribution in [-0.2, 0) is 9.47 Å². The molecule has 0 saturated carbocycles. The highest BCUT2D eigenvalue weighted by Crippen LogP contribution is 2.58. The molecule has 3 aliphatic rings. The molecule has 136 valence electrons. The maximum absolute atomic E-state index is 13.3. The number of nitrogens with zero attached hydrogens (tertiary/aromatic N) is 3. The van der Waals surface area contributed by atoms with E-state index in [1.807, 2.05) is 25.3 Å². The van der Waals surface area contributed by atoms with Crippen molar-refractivity contribution in [3.8, 4) is 0 Å². The highest BCUT2D eigenvalue weighted by molar-refractivity contribution is 7.99. The zero-order valence-electron chi connectivity index (χ0n) is 15.4. The van der Waals surface area contributed by atoms with Gasteiger partial charge in [0, 0.05) is 20.5 Å². The van der Waals surface area contributed by atoms with Gasteiger partial charge >= 0.3 is 12.0 Å². The lowest BCUT2D eigenvalue weighted by Gasteiger charge is -2.43. The molecular weight excluding hydrogens is 350 g/mol. The van der Waals surface area contributed by atoms with Gasteiger partial charge in [0.25, 0.3) is 0 Å². The summed E-state index contributed by atoms with van der Waals surface area (Å²) in [6, 6.07) is 0. The van der Waals surface area contributed by atoms with E-state index < -0.39 is 5.54 Å². The van der Waals surface area contributed by atoms with Gasteiger partial charge in [0.05, 0.1) is 24.9 Å². The van der Waals surface area contributed by atoms with E-state index in [0.29, 0.717) is 18.3 Å². The Labute approximate surface area is 157 Å². The van der Waals surface area contributed by atoms with Crippen LogP contribution < -0.4 is 4.48 Å². The Balaban J connectivity index is 2.09. The molecular formula is C19H22N3O3S+. The van der Waals surface area contributed by atoms with Crippen LogP contribution >= 0.6 is 11.8 Å². The van der Waals surface area contributed by atoms with Crippen molar-refractivity contribution in [1.29, 1.82) is 0 Å². The molecule has 2 unspecified atom stereocenters. The van der Waals surface area contributed by atoms with Crippen molar-refractivity contribution < 1.29 is 14.3 Å². The number of carbonyl (C=O) groups is 1. The first kappa shape index (κ1) is 17.3. The highest BCUT2D eigenvalue weighted by atomic mass is 32.2. The number of quaternary nitrogens is 1. The van der Waals surface area contributed by atoms with E-state index in [4.69, 9.17) is 14.5 Å². The molecule has 6 nitrogen and oxygen atoms in total. The SMILES string of the molecule is COCSc1cnc2n1C1=C(C)C=CCC13C=CC=C(C)[N+]23C(=O)OC. The van der Waals surface area contributed by atoms with E-state index in [1.54, 1.807) is 18.9 Å². The van der Waals surface area contributed by atoms with Crippen LogP contribution in [0.25, 0.3) is 5.70 Å². The number of rotatable bonds is 3. The van der Waals surface area contributed by atoms with Crippen molar-refractivity contribution >= 4 is 29.5 Å². The molecule has 26 heavy (non-hydrogen) atoms. The molecule has 2 aliphatic heterocycles. The predicted octanol–water partition coefficient (Wildman–Crippen LogP) is 4.07. The second kappa shape index (κ2) is 5.97. The number of hydrogen-bond acceptors (Lipinski definition) is 5. The van der Waals surface area contributed by atoms with Gasteiger partial charge in [-0.25, -0.2) is 4.57 Å². The number of imidazole rings is 1. The Morgan fingerprint density at radius 2 is 2.23 bits per heavy atom. The van der Waals surface area contributed by atoms with Crippen molar-refractivity contribution in [1.82, 2.24) is 14.0 Å². The lowest BCUT2D eigenvalue weighted by Crippen LogP contribution is -2.66. The average Bonchev–Trinajstić information content (AvgIpc) is 3.14. The molecule has 0 saturated heterocycles. The van der Waals surface area contributed by atoms with Crippen LogP contribution in [0, 0.1) is 0 Å². The van der Waals surface area contributed by atoms with Gasteiger partial charge in [-0.3, -0.25) is 0 Å². The lowest BCUT2D eigenvalue weighted by atomic mass is 9.80. The highest BCUT2D eigenvalue weighted by Gasteiger charge is 2.70. The van der Waals surface area contributed by atoms with Crippen molar-refractivity contribution in [3.05, 3.63) is 47.8 Å². The number of ether oxygens (including phenoxy) is 2. The normalized spacial score (nSPS) is 28.5. The molecule has 0 N–H and O–H groups in total. The summed E-state index contributed by atoms with van der Waals surface area (Å²) in [4.78, 5) is 18.0. The Morgan fingerprint density at radius 3 is 2.96 bits per heavy atom. The number of methoxy groups -OCH3 is 2. The Hall–Kier alpha value is -2.09. The van der Waals surface area contributed by atoms with Crippen LogP contribution in [0.4, 0.5) is 10.7 Å².